The van der Waals surface area contributed by atoms with Crippen molar-refractivity contribution in [2.75, 3.05) is 13.2 Å². The lowest BCUT2D eigenvalue weighted by Crippen LogP contribution is -2.26. The molecule has 2 aromatic rings. The third kappa shape index (κ3) is 4.40. The molecule has 2 rings (SSSR count). The molecule has 0 unspecified atom stereocenters. The van der Waals surface area contributed by atoms with Gasteiger partial charge in [0.05, 0.1) is 6.61 Å². The van der Waals surface area contributed by atoms with Crippen molar-refractivity contribution < 1.29 is 9.50 Å². The van der Waals surface area contributed by atoms with Gasteiger partial charge in [-0.3, -0.25) is 4.90 Å². The number of halogens is 2. The molecular formula is C16H17BrFNO. The zero-order valence-corrected chi connectivity index (χ0v) is 12.7. The van der Waals surface area contributed by atoms with E-state index in [-0.39, 0.29) is 12.4 Å². The molecule has 2 nitrogen and oxygen atoms in total. The first kappa shape index (κ1) is 15.2. The minimum Gasteiger partial charge on any atom is -0.395 e. The van der Waals surface area contributed by atoms with Crippen molar-refractivity contribution >= 4 is 15.9 Å². The number of aliphatic hydroxyl groups excluding tert-OH is 1. The molecule has 0 heterocycles. The van der Waals surface area contributed by atoms with Crippen LogP contribution in [0.4, 0.5) is 4.39 Å². The highest BCUT2D eigenvalue weighted by atomic mass is 79.9. The van der Waals surface area contributed by atoms with Gasteiger partial charge in [-0.15, -0.1) is 0 Å². The first-order valence-electron chi connectivity index (χ1n) is 6.50. The van der Waals surface area contributed by atoms with Crippen LogP contribution in [0.25, 0.3) is 0 Å². The van der Waals surface area contributed by atoms with Crippen LogP contribution in [-0.4, -0.2) is 23.2 Å². The molecule has 0 atom stereocenters. The van der Waals surface area contributed by atoms with Crippen LogP contribution >= 0.6 is 15.9 Å². The summed E-state index contributed by atoms with van der Waals surface area (Å²) in [6.45, 7) is 1.73. The van der Waals surface area contributed by atoms with Crippen molar-refractivity contribution in [1.29, 1.82) is 0 Å². The van der Waals surface area contributed by atoms with Gasteiger partial charge in [0.2, 0.25) is 0 Å². The summed E-state index contributed by atoms with van der Waals surface area (Å²) in [5.74, 6) is -0.218. The van der Waals surface area contributed by atoms with E-state index in [1.54, 1.807) is 12.1 Å². The SMILES string of the molecule is OCCN(Cc1ccccc1)Cc1cc(Br)ccc1F. The minimum absolute atomic E-state index is 0.0580. The fraction of sp³-hybridized carbons (Fsp3) is 0.250. The van der Waals surface area contributed by atoms with E-state index in [0.29, 0.717) is 25.2 Å². The van der Waals surface area contributed by atoms with Gasteiger partial charge >= 0.3 is 0 Å². The predicted molar refractivity (Wildman–Crippen MR) is 81.7 cm³/mol. The molecule has 0 spiro atoms. The Morgan fingerprint density at radius 1 is 1.05 bits per heavy atom. The number of hydrogen-bond donors (Lipinski definition) is 1. The van der Waals surface area contributed by atoms with Gasteiger partial charge in [-0.05, 0) is 23.8 Å². The molecule has 0 saturated heterocycles. The summed E-state index contributed by atoms with van der Waals surface area (Å²) in [5, 5.41) is 9.17. The van der Waals surface area contributed by atoms with Crippen LogP contribution in [-0.2, 0) is 13.1 Å². The minimum atomic E-state index is -0.218. The first-order chi connectivity index (χ1) is 9.69. The van der Waals surface area contributed by atoms with Gasteiger partial charge in [0, 0.05) is 29.7 Å². The van der Waals surface area contributed by atoms with E-state index in [2.05, 4.69) is 15.9 Å². The van der Waals surface area contributed by atoms with E-state index in [0.717, 1.165) is 10.0 Å². The Morgan fingerprint density at radius 3 is 2.50 bits per heavy atom. The highest BCUT2D eigenvalue weighted by Gasteiger charge is 2.10. The lowest BCUT2D eigenvalue weighted by Gasteiger charge is -2.22. The summed E-state index contributed by atoms with van der Waals surface area (Å²) in [6.07, 6.45) is 0. The molecule has 1 N–H and O–H groups in total. The first-order valence-corrected chi connectivity index (χ1v) is 7.29. The monoisotopic (exact) mass is 337 g/mol. The topological polar surface area (TPSA) is 23.5 Å². The maximum Gasteiger partial charge on any atom is 0.127 e. The zero-order chi connectivity index (χ0) is 14.4. The Balaban J connectivity index is 2.11. The molecule has 106 valence electrons. The van der Waals surface area contributed by atoms with E-state index in [1.165, 1.54) is 6.07 Å². The summed E-state index contributed by atoms with van der Waals surface area (Å²) in [6, 6.07) is 14.9. The van der Waals surface area contributed by atoms with Crippen LogP contribution in [0.1, 0.15) is 11.1 Å². The fourth-order valence-corrected chi connectivity index (χ4v) is 2.51. The summed E-state index contributed by atoms with van der Waals surface area (Å²) < 4.78 is 14.7. The van der Waals surface area contributed by atoms with Crippen molar-refractivity contribution in [1.82, 2.24) is 4.90 Å². The molecule has 0 bridgehead atoms. The van der Waals surface area contributed by atoms with Gasteiger partial charge < -0.3 is 5.11 Å². The number of benzene rings is 2. The van der Waals surface area contributed by atoms with Gasteiger partial charge in [-0.25, -0.2) is 4.39 Å². The van der Waals surface area contributed by atoms with Crippen LogP contribution in [0, 0.1) is 5.82 Å². The fourth-order valence-electron chi connectivity index (χ4n) is 2.10. The predicted octanol–water partition coefficient (Wildman–Crippen LogP) is 3.58. The molecule has 0 aliphatic heterocycles. The van der Waals surface area contributed by atoms with E-state index in [1.807, 2.05) is 35.2 Å². The average Bonchev–Trinajstić information content (AvgIpc) is 2.44. The molecular weight excluding hydrogens is 321 g/mol. The Kier molecular flexibility index (Phi) is 5.71. The molecule has 0 aliphatic carbocycles. The van der Waals surface area contributed by atoms with E-state index in [9.17, 15) is 9.50 Å². The highest BCUT2D eigenvalue weighted by Crippen LogP contribution is 2.18. The van der Waals surface area contributed by atoms with Crippen LogP contribution in [0.5, 0.6) is 0 Å². The summed E-state index contributed by atoms with van der Waals surface area (Å²) in [4.78, 5) is 2.03. The van der Waals surface area contributed by atoms with E-state index >= 15 is 0 Å². The Hall–Kier alpha value is -1.23. The van der Waals surface area contributed by atoms with Gasteiger partial charge in [0.1, 0.15) is 5.82 Å². The van der Waals surface area contributed by atoms with Crippen molar-refractivity contribution in [3.05, 3.63) is 69.9 Å². The van der Waals surface area contributed by atoms with Gasteiger partial charge in [-0.1, -0.05) is 46.3 Å². The summed E-state index contributed by atoms with van der Waals surface area (Å²) >= 11 is 3.36. The normalized spacial score (nSPS) is 11.0. The summed E-state index contributed by atoms with van der Waals surface area (Å²) in [7, 11) is 0. The van der Waals surface area contributed by atoms with E-state index < -0.39 is 0 Å². The molecule has 0 radical (unpaired) electrons. The van der Waals surface area contributed by atoms with E-state index in [4.69, 9.17) is 0 Å². The quantitative estimate of drug-likeness (QED) is 0.870. The maximum atomic E-state index is 13.8. The molecule has 0 amide bonds. The second-order valence-corrected chi connectivity index (χ2v) is 5.57. The second-order valence-electron chi connectivity index (χ2n) is 4.66. The zero-order valence-electron chi connectivity index (χ0n) is 11.1. The molecule has 20 heavy (non-hydrogen) atoms. The summed E-state index contributed by atoms with van der Waals surface area (Å²) in [5.41, 5.74) is 1.78. The number of aliphatic hydroxyl groups is 1. The van der Waals surface area contributed by atoms with Crippen LogP contribution in [0.3, 0.4) is 0 Å². The number of rotatable bonds is 6. The Morgan fingerprint density at radius 2 is 1.80 bits per heavy atom. The molecule has 4 heteroatoms. The van der Waals surface area contributed by atoms with Crippen LogP contribution in [0.15, 0.2) is 53.0 Å². The maximum absolute atomic E-state index is 13.8. The third-order valence-electron chi connectivity index (χ3n) is 3.07. The molecule has 0 aliphatic rings. The number of nitrogens with zero attached hydrogens (tertiary/aromatic N) is 1. The average molecular weight is 338 g/mol. The molecule has 2 aromatic carbocycles. The standard InChI is InChI=1S/C16H17BrFNO/c17-15-6-7-16(18)14(10-15)12-19(8-9-20)11-13-4-2-1-3-5-13/h1-7,10,20H,8-9,11-12H2. The van der Waals surface area contributed by atoms with Gasteiger partial charge in [0.15, 0.2) is 0 Å². The Bertz CT molecular complexity index is 547. The largest absolute Gasteiger partial charge is 0.395 e. The van der Waals surface area contributed by atoms with Crippen LogP contribution in [0.2, 0.25) is 0 Å². The highest BCUT2D eigenvalue weighted by molar-refractivity contribution is 9.10. The van der Waals surface area contributed by atoms with Crippen molar-refractivity contribution in [2.24, 2.45) is 0 Å². The lowest BCUT2D eigenvalue weighted by atomic mass is 10.1. The lowest BCUT2D eigenvalue weighted by molar-refractivity contribution is 0.183. The van der Waals surface area contributed by atoms with Crippen molar-refractivity contribution in [3.63, 3.8) is 0 Å². The number of hydrogen-bond acceptors (Lipinski definition) is 2. The van der Waals surface area contributed by atoms with Crippen LogP contribution < -0.4 is 0 Å². The van der Waals surface area contributed by atoms with Gasteiger partial charge in [-0.2, -0.15) is 0 Å². The molecule has 0 aromatic heterocycles. The smallest absolute Gasteiger partial charge is 0.127 e. The van der Waals surface area contributed by atoms with Crippen molar-refractivity contribution in [2.45, 2.75) is 13.1 Å². The second kappa shape index (κ2) is 7.53. The molecule has 0 saturated carbocycles. The molecule has 0 fully saturated rings. The third-order valence-corrected chi connectivity index (χ3v) is 3.56. The van der Waals surface area contributed by atoms with Gasteiger partial charge in [0.25, 0.3) is 0 Å². The Labute approximate surface area is 127 Å². The van der Waals surface area contributed by atoms with Crippen molar-refractivity contribution in [3.8, 4) is 0 Å².